The van der Waals surface area contributed by atoms with Gasteiger partial charge in [-0.25, -0.2) is 21.6 Å². The lowest BCUT2D eigenvalue weighted by Crippen LogP contribution is -2.52. The molecule has 1 fully saturated rings. The van der Waals surface area contributed by atoms with Crippen molar-refractivity contribution in [3.8, 4) is 6.07 Å². The number of hydrogen-bond acceptors (Lipinski definition) is 4. The second kappa shape index (κ2) is 5.63. The van der Waals surface area contributed by atoms with E-state index >= 15 is 0 Å². The SMILES string of the molecule is C[C@H]1CNCCN1S(=O)(=O)c1c(F)cc(C#N)c(F)c1F. The van der Waals surface area contributed by atoms with Gasteiger partial charge in [-0.05, 0) is 13.0 Å². The highest BCUT2D eigenvalue weighted by Crippen LogP contribution is 2.28. The Kier molecular flexibility index (Phi) is 4.22. The van der Waals surface area contributed by atoms with E-state index in [1.54, 1.807) is 6.92 Å². The molecule has 1 heterocycles. The summed E-state index contributed by atoms with van der Waals surface area (Å²) in [6.07, 6.45) is 0. The third-order valence-corrected chi connectivity index (χ3v) is 5.29. The minimum absolute atomic E-state index is 0.0179. The lowest BCUT2D eigenvalue weighted by atomic mass is 10.2. The molecule has 0 unspecified atom stereocenters. The van der Waals surface area contributed by atoms with E-state index in [1.165, 1.54) is 6.07 Å². The molecule has 1 N–H and O–H groups in total. The highest BCUT2D eigenvalue weighted by molar-refractivity contribution is 7.89. The summed E-state index contributed by atoms with van der Waals surface area (Å²) in [5.41, 5.74) is -0.877. The van der Waals surface area contributed by atoms with Crippen molar-refractivity contribution in [3.05, 3.63) is 29.1 Å². The molecule has 21 heavy (non-hydrogen) atoms. The van der Waals surface area contributed by atoms with Crippen LogP contribution in [-0.4, -0.2) is 38.4 Å². The second-order valence-electron chi connectivity index (χ2n) is 4.64. The molecule has 1 aliphatic rings. The first kappa shape index (κ1) is 15.8. The number of halogens is 3. The first-order valence-electron chi connectivity index (χ1n) is 6.11. The number of rotatable bonds is 2. The zero-order chi connectivity index (χ0) is 15.8. The quantitative estimate of drug-likeness (QED) is 0.824. The Morgan fingerprint density at radius 1 is 1.38 bits per heavy atom. The van der Waals surface area contributed by atoms with Crippen LogP contribution >= 0.6 is 0 Å². The number of sulfonamides is 1. The van der Waals surface area contributed by atoms with Gasteiger partial charge in [0.05, 0.1) is 5.56 Å². The van der Waals surface area contributed by atoms with Gasteiger partial charge in [-0.2, -0.15) is 9.57 Å². The van der Waals surface area contributed by atoms with Gasteiger partial charge in [0.25, 0.3) is 0 Å². The normalized spacial score (nSPS) is 20.2. The molecule has 0 bridgehead atoms. The molecule has 1 saturated heterocycles. The maximum atomic E-state index is 13.9. The Bertz CT molecular complexity index is 715. The molecule has 9 heteroatoms. The van der Waals surface area contributed by atoms with Crippen molar-refractivity contribution in [2.45, 2.75) is 17.9 Å². The molecule has 1 aromatic rings. The van der Waals surface area contributed by atoms with Gasteiger partial charge in [0, 0.05) is 25.7 Å². The van der Waals surface area contributed by atoms with Crippen molar-refractivity contribution in [2.75, 3.05) is 19.6 Å². The first-order valence-corrected chi connectivity index (χ1v) is 7.55. The molecule has 114 valence electrons. The van der Waals surface area contributed by atoms with E-state index in [9.17, 15) is 21.6 Å². The van der Waals surface area contributed by atoms with Gasteiger partial charge >= 0.3 is 0 Å². The van der Waals surface area contributed by atoms with Crippen LogP contribution in [0.1, 0.15) is 12.5 Å². The smallest absolute Gasteiger partial charge is 0.249 e. The first-order chi connectivity index (χ1) is 9.80. The maximum Gasteiger partial charge on any atom is 0.249 e. The van der Waals surface area contributed by atoms with Crippen molar-refractivity contribution in [1.82, 2.24) is 9.62 Å². The Labute approximate surface area is 120 Å². The van der Waals surface area contributed by atoms with E-state index in [1.807, 2.05) is 0 Å². The topological polar surface area (TPSA) is 73.2 Å². The molecule has 2 rings (SSSR count). The van der Waals surface area contributed by atoms with Crippen LogP contribution in [-0.2, 0) is 10.0 Å². The summed E-state index contributed by atoms with van der Waals surface area (Å²) in [6.45, 7) is 2.23. The molecule has 0 aliphatic carbocycles. The Morgan fingerprint density at radius 2 is 2.05 bits per heavy atom. The molecular formula is C12H12F3N3O2S. The van der Waals surface area contributed by atoms with Gasteiger partial charge in [0.2, 0.25) is 10.0 Å². The van der Waals surface area contributed by atoms with E-state index in [0.29, 0.717) is 19.2 Å². The summed E-state index contributed by atoms with van der Waals surface area (Å²) < 4.78 is 67.0. The molecule has 0 amide bonds. The van der Waals surface area contributed by atoms with Crippen molar-refractivity contribution in [2.24, 2.45) is 0 Å². The standard InChI is InChI=1S/C12H12F3N3O2S/c1-7-6-17-2-3-18(7)21(19,20)12-9(13)4-8(5-16)10(14)11(12)15/h4,7,17H,2-3,6H2,1H3/t7-/m0/s1. The average molecular weight is 319 g/mol. The van der Waals surface area contributed by atoms with Gasteiger partial charge in [-0.3, -0.25) is 0 Å². The van der Waals surface area contributed by atoms with E-state index in [0.717, 1.165) is 4.31 Å². The minimum Gasteiger partial charge on any atom is -0.314 e. The number of hydrogen-bond donors (Lipinski definition) is 1. The van der Waals surface area contributed by atoms with E-state index in [-0.39, 0.29) is 6.54 Å². The molecule has 0 aromatic heterocycles. The molecule has 0 saturated carbocycles. The van der Waals surface area contributed by atoms with Crippen molar-refractivity contribution < 1.29 is 21.6 Å². The Hall–Kier alpha value is -1.63. The van der Waals surface area contributed by atoms with Gasteiger partial charge < -0.3 is 5.32 Å². The highest BCUT2D eigenvalue weighted by atomic mass is 32.2. The van der Waals surface area contributed by atoms with E-state index in [4.69, 9.17) is 5.26 Å². The largest absolute Gasteiger partial charge is 0.314 e. The zero-order valence-corrected chi connectivity index (χ0v) is 11.8. The molecule has 0 radical (unpaired) electrons. The number of nitrogens with one attached hydrogen (secondary N) is 1. The van der Waals surface area contributed by atoms with Crippen LogP contribution < -0.4 is 5.32 Å². The predicted octanol–water partition coefficient (Wildman–Crippen LogP) is 0.958. The Balaban J connectivity index is 2.61. The number of piperazine rings is 1. The van der Waals surface area contributed by atoms with Gasteiger partial charge in [0.15, 0.2) is 16.5 Å². The van der Waals surface area contributed by atoms with Gasteiger partial charge in [-0.15, -0.1) is 0 Å². The summed E-state index contributed by atoms with van der Waals surface area (Å²) >= 11 is 0. The van der Waals surface area contributed by atoms with E-state index < -0.39 is 44.0 Å². The summed E-state index contributed by atoms with van der Waals surface area (Å²) in [5, 5.41) is 11.5. The van der Waals surface area contributed by atoms with Gasteiger partial charge in [-0.1, -0.05) is 0 Å². The molecule has 5 nitrogen and oxygen atoms in total. The van der Waals surface area contributed by atoms with Crippen LogP contribution in [0.3, 0.4) is 0 Å². The molecule has 1 atom stereocenters. The van der Waals surface area contributed by atoms with Crippen molar-refractivity contribution >= 4 is 10.0 Å². The monoisotopic (exact) mass is 319 g/mol. The zero-order valence-electron chi connectivity index (χ0n) is 11.0. The summed E-state index contributed by atoms with van der Waals surface area (Å²) in [5.74, 6) is -5.01. The fourth-order valence-corrected chi connectivity index (χ4v) is 3.93. The second-order valence-corrected chi connectivity index (χ2v) is 6.47. The van der Waals surface area contributed by atoms with E-state index in [2.05, 4.69) is 5.32 Å². The fraction of sp³-hybridized carbons (Fsp3) is 0.417. The third-order valence-electron chi connectivity index (χ3n) is 3.24. The predicted molar refractivity (Wildman–Crippen MR) is 67.3 cm³/mol. The Morgan fingerprint density at radius 3 is 2.62 bits per heavy atom. The maximum absolute atomic E-state index is 13.9. The van der Waals surface area contributed by atoms with Crippen LogP contribution in [0.15, 0.2) is 11.0 Å². The van der Waals surface area contributed by atoms with Crippen LogP contribution in [0.2, 0.25) is 0 Å². The van der Waals surface area contributed by atoms with Gasteiger partial charge in [0.1, 0.15) is 11.9 Å². The summed E-state index contributed by atoms with van der Waals surface area (Å²) in [4.78, 5) is -1.35. The fourth-order valence-electron chi connectivity index (χ4n) is 2.19. The summed E-state index contributed by atoms with van der Waals surface area (Å²) in [6, 6.07) is 1.13. The van der Waals surface area contributed by atoms with Crippen molar-refractivity contribution in [1.29, 1.82) is 5.26 Å². The molecule has 0 spiro atoms. The minimum atomic E-state index is -4.53. The van der Waals surface area contributed by atoms with Crippen molar-refractivity contribution in [3.63, 3.8) is 0 Å². The van der Waals surface area contributed by atoms with Crippen LogP contribution in [0, 0.1) is 28.8 Å². The third kappa shape index (κ3) is 2.62. The number of nitrogens with zero attached hydrogens (tertiary/aromatic N) is 2. The molecular weight excluding hydrogens is 307 g/mol. The lowest BCUT2D eigenvalue weighted by Gasteiger charge is -2.32. The van der Waals surface area contributed by atoms with Crippen LogP contribution in [0.4, 0.5) is 13.2 Å². The molecule has 1 aromatic carbocycles. The highest BCUT2D eigenvalue weighted by Gasteiger charge is 2.37. The van der Waals surface area contributed by atoms with Crippen LogP contribution in [0.25, 0.3) is 0 Å². The average Bonchev–Trinajstić information content (AvgIpc) is 2.43. The summed E-state index contributed by atoms with van der Waals surface area (Å²) in [7, 11) is -4.53. The van der Waals surface area contributed by atoms with Crippen LogP contribution in [0.5, 0.6) is 0 Å². The number of nitriles is 1. The molecule has 1 aliphatic heterocycles. The lowest BCUT2D eigenvalue weighted by molar-refractivity contribution is 0.281. The number of benzene rings is 1.